The van der Waals surface area contributed by atoms with E-state index in [1.54, 1.807) is 0 Å². The molecule has 1 aliphatic carbocycles. The normalized spacial score (nSPS) is 14.7. The third-order valence-corrected chi connectivity index (χ3v) is 3.55. The van der Waals surface area contributed by atoms with E-state index in [-0.39, 0.29) is 5.69 Å². The lowest BCUT2D eigenvalue weighted by Crippen LogP contribution is -2.15. The van der Waals surface area contributed by atoms with E-state index in [0.717, 1.165) is 25.3 Å². The summed E-state index contributed by atoms with van der Waals surface area (Å²) in [4.78, 5) is 14.7. The van der Waals surface area contributed by atoms with Crippen LogP contribution in [-0.4, -0.2) is 23.1 Å². The lowest BCUT2D eigenvalue weighted by atomic mass is 9.83. The fourth-order valence-corrected chi connectivity index (χ4v) is 2.13. The van der Waals surface area contributed by atoms with Crippen LogP contribution < -0.4 is 10.1 Å². The maximum absolute atomic E-state index is 10.9. The average molecular weight is 279 g/mol. The van der Waals surface area contributed by atoms with Crippen LogP contribution in [0.2, 0.25) is 0 Å². The van der Waals surface area contributed by atoms with Gasteiger partial charge in [0.1, 0.15) is 5.82 Å². The summed E-state index contributed by atoms with van der Waals surface area (Å²) < 4.78 is 5.57. The number of nitrogens with one attached hydrogen (secondary N) is 1. The summed E-state index contributed by atoms with van der Waals surface area (Å²) in [6.07, 6.45) is 5.79. The predicted molar refractivity (Wildman–Crippen MR) is 77.1 cm³/mol. The smallest absolute Gasteiger partial charge is 0.278 e. The van der Waals surface area contributed by atoms with Gasteiger partial charge >= 0.3 is 0 Å². The molecule has 2 rings (SSSR count). The van der Waals surface area contributed by atoms with Crippen LogP contribution in [0, 0.1) is 16.0 Å². The highest BCUT2D eigenvalue weighted by Crippen LogP contribution is 2.29. The standard InChI is InChI=1S/C14H21N3O3/c1-2-7-15-13-9-12(17(18)19)10-14(16-13)20-8-6-11-4-3-5-11/h9-11H,2-8H2,1H3,(H,15,16). The molecule has 0 unspecified atom stereocenters. The largest absolute Gasteiger partial charge is 0.477 e. The number of rotatable bonds is 8. The topological polar surface area (TPSA) is 77.3 Å². The molecule has 0 aromatic carbocycles. The Morgan fingerprint density at radius 1 is 1.50 bits per heavy atom. The zero-order valence-electron chi connectivity index (χ0n) is 11.8. The Morgan fingerprint density at radius 3 is 2.90 bits per heavy atom. The number of nitrogens with zero attached hydrogens (tertiary/aromatic N) is 2. The fourth-order valence-electron chi connectivity index (χ4n) is 2.13. The number of hydrogen-bond donors (Lipinski definition) is 1. The summed E-state index contributed by atoms with van der Waals surface area (Å²) in [5.41, 5.74) is 0.0113. The van der Waals surface area contributed by atoms with Gasteiger partial charge < -0.3 is 10.1 Å². The lowest BCUT2D eigenvalue weighted by Gasteiger charge is -2.24. The van der Waals surface area contributed by atoms with Crippen LogP contribution >= 0.6 is 0 Å². The Balaban J connectivity index is 1.97. The molecular formula is C14H21N3O3. The monoisotopic (exact) mass is 279 g/mol. The zero-order chi connectivity index (χ0) is 14.4. The molecular weight excluding hydrogens is 258 g/mol. The summed E-state index contributed by atoms with van der Waals surface area (Å²) in [5, 5.41) is 14.0. The average Bonchev–Trinajstić information content (AvgIpc) is 2.39. The second kappa shape index (κ2) is 7.07. The number of nitro groups is 1. The Morgan fingerprint density at radius 2 is 2.30 bits per heavy atom. The number of pyridine rings is 1. The number of anilines is 1. The Kier molecular flexibility index (Phi) is 5.15. The maximum atomic E-state index is 10.9. The molecule has 1 aromatic heterocycles. The van der Waals surface area contributed by atoms with E-state index in [2.05, 4.69) is 10.3 Å². The van der Waals surface area contributed by atoms with Gasteiger partial charge in [0, 0.05) is 6.54 Å². The number of hydrogen-bond acceptors (Lipinski definition) is 5. The highest BCUT2D eigenvalue weighted by molar-refractivity contribution is 5.48. The summed E-state index contributed by atoms with van der Waals surface area (Å²) in [5.74, 6) is 1.59. The third-order valence-electron chi connectivity index (χ3n) is 3.55. The summed E-state index contributed by atoms with van der Waals surface area (Å²) >= 11 is 0. The molecule has 0 aliphatic heterocycles. The van der Waals surface area contributed by atoms with Gasteiger partial charge in [-0.3, -0.25) is 10.1 Å². The van der Waals surface area contributed by atoms with Crippen LogP contribution in [0.5, 0.6) is 5.88 Å². The van der Waals surface area contributed by atoms with Crippen molar-refractivity contribution in [3.8, 4) is 5.88 Å². The van der Waals surface area contributed by atoms with E-state index >= 15 is 0 Å². The van der Waals surface area contributed by atoms with Gasteiger partial charge in [-0.2, -0.15) is 4.98 Å². The molecule has 20 heavy (non-hydrogen) atoms. The van der Waals surface area contributed by atoms with Crippen molar-refractivity contribution in [2.75, 3.05) is 18.5 Å². The minimum atomic E-state index is -0.419. The quantitative estimate of drug-likeness (QED) is 0.583. The van der Waals surface area contributed by atoms with E-state index in [1.165, 1.54) is 31.4 Å². The lowest BCUT2D eigenvalue weighted by molar-refractivity contribution is -0.384. The first-order chi connectivity index (χ1) is 9.69. The van der Waals surface area contributed by atoms with E-state index in [4.69, 9.17) is 4.74 Å². The summed E-state index contributed by atoms with van der Waals surface area (Å²) in [6.45, 7) is 3.34. The molecule has 1 aliphatic rings. The van der Waals surface area contributed by atoms with Crippen molar-refractivity contribution in [3.63, 3.8) is 0 Å². The van der Waals surface area contributed by atoms with Gasteiger partial charge in [0.15, 0.2) is 0 Å². The molecule has 1 fully saturated rings. The van der Waals surface area contributed by atoms with Crippen LogP contribution in [0.3, 0.4) is 0 Å². The Bertz CT molecular complexity index is 461. The van der Waals surface area contributed by atoms with Crippen molar-refractivity contribution in [1.82, 2.24) is 4.98 Å². The van der Waals surface area contributed by atoms with Gasteiger partial charge in [0.25, 0.3) is 5.69 Å². The minimum absolute atomic E-state index is 0.0113. The van der Waals surface area contributed by atoms with E-state index < -0.39 is 4.92 Å². The molecule has 0 amide bonds. The Hall–Kier alpha value is -1.85. The molecule has 110 valence electrons. The van der Waals surface area contributed by atoms with Crippen LogP contribution in [0.4, 0.5) is 11.5 Å². The summed E-state index contributed by atoms with van der Waals surface area (Å²) in [7, 11) is 0. The maximum Gasteiger partial charge on any atom is 0.278 e. The SMILES string of the molecule is CCCNc1cc([N+](=O)[O-])cc(OCCC2CCC2)n1. The van der Waals surface area contributed by atoms with Crippen molar-refractivity contribution in [1.29, 1.82) is 0 Å². The molecule has 1 saturated carbocycles. The van der Waals surface area contributed by atoms with Crippen molar-refractivity contribution in [2.45, 2.75) is 39.0 Å². The second-order valence-corrected chi connectivity index (χ2v) is 5.17. The van der Waals surface area contributed by atoms with Crippen LogP contribution in [0.15, 0.2) is 12.1 Å². The first-order valence-corrected chi connectivity index (χ1v) is 7.22. The first-order valence-electron chi connectivity index (χ1n) is 7.22. The van der Waals surface area contributed by atoms with Crippen molar-refractivity contribution >= 4 is 11.5 Å². The fraction of sp³-hybridized carbons (Fsp3) is 0.643. The van der Waals surface area contributed by atoms with Crippen LogP contribution in [0.25, 0.3) is 0 Å². The van der Waals surface area contributed by atoms with Gasteiger partial charge in [-0.15, -0.1) is 0 Å². The molecule has 0 bridgehead atoms. The van der Waals surface area contributed by atoms with Gasteiger partial charge in [0.05, 0.1) is 23.7 Å². The minimum Gasteiger partial charge on any atom is -0.477 e. The summed E-state index contributed by atoms with van der Waals surface area (Å²) in [6, 6.07) is 2.83. The van der Waals surface area contributed by atoms with Crippen molar-refractivity contribution in [3.05, 3.63) is 22.2 Å². The molecule has 1 heterocycles. The Labute approximate surface area is 118 Å². The van der Waals surface area contributed by atoms with Crippen molar-refractivity contribution < 1.29 is 9.66 Å². The molecule has 6 heteroatoms. The second-order valence-electron chi connectivity index (χ2n) is 5.17. The number of aromatic nitrogens is 1. The first kappa shape index (κ1) is 14.6. The molecule has 1 N–H and O–H groups in total. The van der Waals surface area contributed by atoms with Crippen LogP contribution in [-0.2, 0) is 0 Å². The predicted octanol–water partition coefficient (Wildman–Crippen LogP) is 3.38. The van der Waals surface area contributed by atoms with Gasteiger partial charge in [-0.05, 0) is 18.8 Å². The zero-order valence-corrected chi connectivity index (χ0v) is 11.8. The van der Waals surface area contributed by atoms with Crippen LogP contribution in [0.1, 0.15) is 39.0 Å². The van der Waals surface area contributed by atoms with Crippen molar-refractivity contribution in [2.24, 2.45) is 5.92 Å². The van der Waals surface area contributed by atoms with Gasteiger partial charge in [-0.1, -0.05) is 26.2 Å². The molecule has 0 spiro atoms. The molecule has 1 aromatic rings. The van der Waals surface area contributed by atoms with Gasteiger partial charge in [-0.25, -0.2) is 0 Å². The molecule has 6 nitrogen and oxygen atoms in total. The van der Waals surface area contributed by atoms with E-state index in [1.807, 2.05) is 6.92 Å². The highest BCUT2D eigenvalue weighted by Gasteiger charge is 2.17. The van der Waals surface area contributed by atoms with Gasteiger partial charge in [0.2, 0.25) is 5.88 Å². The highest BCUT2D eigenvalue weighted by atomic mass is 16.6. The number of ether oxygens (including phenoxy) is 1. The molecule has 0 radical (unpaired) electrons. The molecule has 0 saturated heterocycles. The molecule has 0 atom stereocenters. The van der Waals surface area contributed by atoms with E-state index in [0.29, 0.717) is 18.3 Å². The van der Waals surface area contributed by atoms with E-state index in [9.17, 15) is 10.1 Å². The third kappa shape index (κ3) is 4.08.